The zero-order valence-electron chi connectivity index (χ0n) is 12.4. The van der Waals surface area contributed by atoms with Crippen LogP contribution in [0.25, 0.3) is 16.7 Å². The number of nitrogens with zero attached hydrogens (tertiary/aromatic N) is 7. The summed E-state index contributed by atoms with van der Waals surface area (Å²) in [7, 11) is 0. The molecule has 0 bridgehead atoms. The van der Waals surface area contributed by atoms with Gasteiger partial charge >= 0.3 is 0 Å². The number of fused-ring (bicyclic) bond motifs is 1. The fraction of sp³-hybridized carbons (Fsp3) is 0.133. The van der Waals surface area contributed by atoms with Gasteiger partial charge in [0.1, 0.15) is 29.8 Å². The number of hydrogen-bond donors (Lipinski definition) is 0. The van der Waals surface area contributed by atoms with Crippen LogP contribution in [0.4, 0.5) is 4.39 Å². The molecule has 0 unspecified atom stereocenters. The molecule has 0 aliphatic rings. The van der Waals surface area contributed by atoms with Crippen molar-refractivity contribution in [3.8, 4) is 5.69 Å². The van der Waals surface area contributed by atoms with Gasteiger partial charge in [0, 0.05) is 5.75 Å². The second kappa shape index (κ2) is 6.36. The second-order valence-electron chi connectivity index (χ2n) is 4.96. The molecule has 120 valence electrons. The Hall–Kier alpha value is -2.81. The van der Waals surface area contributed by atoms with Gasteiger partial charge in [0.2, 0.25) is 0 Å². The molecule has 0 aliphatic heterocycles. The Morgan fingerprint density at radius 1 is 1.04 bits per heavy atom. The molecule has 3 aromatic heterocycles. The summed E-state index contributed by atoms with van der Waals surface area (Å²) in [6.45, 7) is 0.738. The zero-order chi connectivity index (χ0) is 16.4. The van der Waals surface area contributed by atoms with E-state index in [9.17, 15) is 4.39 Å². The topological polar surface area (TPSA) is 74.3 Å². The molecule has 3 heterocycles. The fourth-order valence-electron chi connectivity index (χ4n) is 2.29. The predicted molar refractivity (Wildman–Crippen MR) is 87.4 cm³/mol. The highest BCUT2D eigenvalue weighted by atomic mass is 32.2. The van der Waals surface area contributed by atoms with E-state index in [1.807, 2.05) is 0 Å². The third-order valence-corrected chi connectivity index (χ3v) is 4.41. The Morgan fingerprint density at radius 2 is 1.92 bits per heavy atom. The van der Waals surface area contributed by atoms with Gasteiger partial charge in [-0.25, -0.2) is 24.0 Å². The maximum Gasteiger partial charge on any atom is 0.167 e. The van der Waals surface area contributed by atoms with Crippen LogP contribution < -0.4 is 0 Å². The number of hydrogen-bond acceptors (Lipinski definition) is 6. The second-order valence-corrected chi connectivity index (χ2v) is 6.04. The van der Waals surface area contributed by atoms with Gasteiger partial charge in [-0.2, -0.15) is 10.2 Å². The van der Waals surface area contributed by atoms with E-state index < -0.39 is 0 Å². The summed E-state index contributed by atoms with van der Waals surface area (Å²) in [5.74, 6) is 0.520. The molecular weight excluding hydrogens is 329 g/mol. The summed E-state index contributed by atoms with van der Waals surface area (Å²) in [5.41, 5.74) is 1.45. The number of thioether (sulfide) groups is 1. The minimum atomic E-state index is -0.283. The average molecular weight is 341 g/mol. The number of aryl methyl sites for hydroxylation is 1. The Morgan fingerprint density at radius 3 is 2.71 bits per heavy atom. The van der Waals surface area contributed by atoms with Crippen LogP contribution in [-0.2, 0) is 6.54 Å². The first kappa shape index (κ1) is 14.8. The largest absolute Gasteiger partial charge is 0.252 e. The van der Waals surface area contributed by atoms with Crippen molar-refractivity contribution in [3.05, 3.63) is 55.3 Å². The molecule has 7 nitrogen and oxygen atoms in total. The lowest BCUT2D eigenvalue weighted by atomic mass is 10.3. The van der Waals surface area contributed by atoms with Crippen LogP contribution in [0.15, 0.2) is 54.5 Å². The SMILES string of the molecule is Fc1ccc(-n2ncc3c(SCCn4cncn4)ncnc32)cc1. The molecular formula is C15H12FN7S. The van der Waals surface area contributed by atoms with Gasteiger partial charge in [0.05, 0.1) is 23.8 Å². The van der Waals surface area contributed by atoms with E-state index in [-0.39, 0.29) is 5.82 Å². The predicted octanol–water partition coefficient (Wildman–Crippen LogP) is 2.34. The number of aromatic nitrogens is 7. The van der Waals surface area contributed by atoms with Crippen molar-refractivity contribution in [1.82, 2.24) is 34.5 Å². The molecule has 0 aliphatic carbocycles. The van der Waals surface area contributed by atoms with Crippen molar-refractivity contribution in [1.29, 1.82) is 0 Å². The highest BCUT2D eigenvalue weighted by Crippen LogP contribution is 2.25. The average Bonchev–Trinajstić information content (AvgIpc) is 3.25. The third-order valence-electron chi connectivity index (χ3n) is 3.43. The number of rotatable bonds is 5. The molecule has 4 rings (SSSR count). The Labute approximate surface area is 140 Å². The number of benzene rings is 1. The summed E-state index contributed by atoms with van der Waals surface area (Å²) < 4.78 is 16.5. The van der Waals surface area contributed by atoms with Crippen molar-refractivity contribution in [3.63, 3.8) is 0 Å². The molecule has 0 fully saturated rings. The molecule has 9 heteroatoms. The van der Waals surface area contributed by atoms with E-state index in [2.05, 4.69) is 25.1 Å². The Bertz CT molecular complexity index is 950. The summed E-state index contributed by atoms with van der Waals surface area (Å²) in [6, 6.07) is 6.14. The maximum absolute atomic E-state index is 13.1. The lowest BCUT2D eigenvalue weighted by molar-refractivity contribution is 0.627. The quantitative estimate of drug-likeness (QED) is 0.410. The normalized spacial score (nSPS) is 11.2. The lowest BCUT2D eigenvalue weighted by Gasteiger charge is -2.04. The minimum Gasteiger partial charge on any atom is -0.252 e. The molecule has 0 N–H and O–H groups in total. The summed E-state index contributed by atoms with van der Waals surface area (Å²) in [5, 5.41) is 10.2. The highest BCUT2D eigenvalue weighted by Gasteiger charge is 2.11. The molecule has 0 spiro atoms. The van der Waals surface area contributed by atoms with Crippen LogP contribution in [0.3, 0.4) is 0 Å². The van der Waals surface area contributed by atoms with Crippen LogP contribution in [0.1, 0.15) is 0 Å². The molecule has 0 radical (unpaired) electrons. The van der Waals surface area contributed by atoms with Crippen LogP contribution >= 0.6 is 11.8 Å². The van der Waals surface area contributed by atoms with Crippen molar-refractivity contribution < 1.29 is 4.39 Å². The van der Waals surface area contributed by atoms with E-state index in [0.717, 1.165) is 28.4 Å². The van der Waals surface area contributed by atoms with E-state index in [1.54, 1.807) is 45.8 Å². The standard InChI is InChI=1S/C15H12FN7S/c16-11-1-3-12(4-2-11)23-14-13(7-20-23)15(19-9-18-14)24-6-5-22-10-17-8-21-22/h1-4,7-10H,5-6H2. The Kier molecular flexibility index (Phi) is 3.91. The van der Waals surface area contributed by atoms with Crippen molar-refractivity contribution in [2.75, 3.05) is 5.75 Å². The number of halogens is 1. The van der Waals surface area contributed by atoms with Gasteiger partial charge in [-0.05, 0) is 24.3 Å². The molecule has 0 saturated heterocycles. The molecule has 0 saturated carbocycles. The van der Waals surface area contributed by atoms with Gasteiger partial charge in [-0.1, -0.05) is 0 Å². The fourth-order valence-corrected chi connectivity index (χ4v) is 3.19. The monoisotopic (exact) mass is 341 g/mol. The zero-order valence-corrected chi connectivity index (χ0v) is 13.3. The van der Waals surface area contributed by atoms with Crippen LogP contribution in [-0.4, -0.2) is 40.3 Å². The van der Waals surface area contributed by atoms with E-state index in [1.165, 1.54) is 24.8 Å². The van der Waals surface area contributed by atoms with E-state index in [4.69, 9.17) is 0 Å². The lowest BCUT2D eigenvalue weighted by Crippen LogP contribution is -2.01. The van der Waals surface area contributed by atoms with Crippen molar-refractivity contribution in [2.24, 2.45) is 0 Å². The summed E-state index contributed by atoms with van der Waals surface area (Å²) in [4.78, 5) is 12.6. The first-order valence-corrected chi connectivity index (χ1v) is 8.20. The first-order chi connectivity index (χ1) is 11.8. The van der Waals surface area contributed by atoms with Crippen molar-refractivity contribution >= 4 is 22.8 Å². The third kappa shape index (κ3) is 2.85. The first-order valence-electron chi connectivity index (χ1n) is 7.21. The Balaban J connectivity index is 1.60. The van der Waals surface area contributed by atoms with Crippen LogP contribution in [0, 0.1) is 5.82 Å². The summed E-state index contributed by atoms with van der Waals surface area (Å²) in [6.07, 6.45) is 6.45. The van der Waals surface area contributed by atoms with Gasteiger partial charge < -0.3 is 0 Å². The smallest absolute Gasteiger partial charge is 0.167 e. The maximum atomic E-state index is 13.1. The molecule has 0 amide bonds. The molecule has 24 heavy (non-hydrogen) atoms. The van der Waals surface area contributed by atoms with Gasteiger partial charge in [-0.3, -0.25) is 4.68 Å². The minimum absolute atomic E-state index is 0.283. The molecule has 4 aromatic rings. The van der Waals surface area contributed by atoms with Gasteiger partial charge in [-0.15, -0.1) is 11.8 Å². The van der Waals surface area contributed by atoms with Gasteiger partial charge in [0.15, 0.2) is 5.65 Å². The molecule has 0 atom stereocenters. The summed E-state index contributed by atoms with van der Waals surface area (Å²) >= 11 is 1.61. The van der Waals surface area contributed by atoms with Crippen LogP contribution in [0.2, 0.25) is 0 Å². The molecule has 1 aromatic carbocycles. The van der Waals surface area contributed by atoms with E-state index >= 15 is 0 Å². The highest BCUT2D eigenvalue weighted by molar-refractivity contribution is 7.99. The van der Waals surface area contributed by atoms with E-state index in [0.29, 0.717) is 5.65 Å². The van der Waals surface area contributed by atoms with Crippen molar-refractivity contribution in [2.45, 2.75) is 11.6 Å². The van der Waals surface area contributed by atoms with Gasteiger partial charge in [0.25, 0.3) is 0 Å². The van der Waals surface area contributed by atoms with Crippen LogP contribution in [0.5, 0.6) is 0 Å².